The van der Waals surface area contributed by atoms with Crippen LogP contribution in [0.25, 0.3) is 0 Å². The molecule has 5 amide bonds. The lowest BCUT2D eigenvalue weighted by Gasteiger charge is -2.38. The number of ether oxygens (including phenoxy) is 1. The van der Waals surface area contributed by atoms with Crippen molar-refractivity contribution in [3.8, 4) is 5.75 Å². The molecule has 0 bridgehead atoms. The van der Waals surface area contributed by atoms with Crippen LogP contribution in [0.5, 0.6) is 5.75 Å². The van der Waals surface area contributed by atoms with Crippen LogP contribution in [0, 0.1) is 19.8 Å². The van der Waals surface area contributed by atoms with Crippen LogP contribution in [-0.2, 0) is 0 Å². The lowest BCUT2D eigenvalue weighted by molar-refractivity contribution is 0.0371. The summed E-state index contributed by atoms with van der Waals surface area (Å²) in [4.78, 5) is 42.4. The van der Waals surface area contributed by atoms with Gasteiger partial charge in [0.2, 0.25) is 0 Å². The Hall–Kier alpha value is -4.58. The highest BCUT2D eigenvalue weighted by Gasteiger charge is 2.34. The van der Waals surface area contributed by atoms with E-state index in [0.29, 0.717) is 40.8 Å². The predicted molar refractivity (Wildman–Crippen MR) is 154 cm³/mol. The quantitative estimate of drug-likeness (QED) is 0.334. The third-order valence-corrected chi connectivity index (χ3v) is 7.02. The van der Waals surface area contributed by atoms with Gasteiger partial charge in [0.1, 0.15) is 23.2 Å². The molecule has 0 saturated heterocycles. The number of amides is 5. The molecule has 0 spiro atoms. The van der Waals surface area contributed by atoms with Crippen molar-refractivity contribution >= 4 is 35.0 Å². The molecular weight excluding hydrogens is 528 g/mol. The molecule has 2 heterocycles. The van der Waals surface area contributed by atoms with Crippen LogP contribution in [0.2, 0.25) is 0 Å². The topological polar surface area (TPSA) is 149 Å². The maximum Gasteiger partial charge on any atom is 0.323 e. The van der Waals surface area contributed by atoms with Crippen molar-refractivity contribution in [2.24, 2.45) is 5.92 Å². The molecule has 218 valence electrons. The number of hydrogen-bond acceptors (Lipinski definition) is 7. The number of anilines is 3. The predicted octanol–water partition coefficient (Wildman–Crippen LogP) is 4.32. The molecule has 0 radical (unpaired) electrons. The number of aliphatic hydroxyl groups is 1. The number of likely N-dealkylation sites (N-methyl/N-ethyl adjacent to an activating group) is 1. The van der Waals surface area contributed by atoms with Crippen LogP contribution in [0.15, 0.2) is 53.1 Å². The minimum atomic E-state index is -0.531. The number of aromatic nitrogens is 1. The summed E-state index contributed by atoms with van der Waals surface area (Å²) in [6, 6.07) is 12.7. The summed E-state index contributed by atoms with van der Waals surface area (Å²) in [6.07, 6.45) is -0.469. The molecule has 12 nitrogen and oxygen atoms in total. The molecular formula is C29H36N6O6. The molecule has 4 rings (SSSR count). The Balaban J connectivity index is 1.56. The van der Waals surface area contributed by atoms with E-state index >= 15 is 0 Å². The molecule has 3 atom stereocenters. The summed E-state index contributed by atoms with van der Waals surface area (Å²) in [7, 11) is 1.68. The number of carbonyl (C=O) groups is 3. The van der Waals surface area contributed by atoms with Crippen LogP contribution < -0.4 is 20.7 Å². The first-order valence-electron chi connectivity index (χ1n) is 13.4. The number of nitrogens with zero attached hydrogens (tertiary/aromatic N) is 3. The standard InChI is InChI=1S/C29H36N6O6/c1-17-14-35(18(2)16-36)27(37)23-13-22(30-28(38)32-26-19(3)33-41-20(26)4)11-12-24(23)40-25(17)15-34(5)29(39)31-21-9-7-6-8-10-21/h6-13,17-18,25,36H,14-16H2,1-5H3,(H,31,39)(H2,30,32,38)/t17-,18-,25+/m1/s1. The first kappa shape index (κ1) is 29.4. The Morgan fingerprint density at radius 1 is 1.12 bits per heavy atom. The number of fused-ring (bicyclic) bond motifs is 1. The zero-order valence-electron chi connectivity index (χ0n) is 23.8. The molecule has 0 fully saturated rings. The van der Waals surface area contributed by atoms with E-state index in [1.165, 1.54) is 4.90 Å². The van der Waals surface area contributed by atoms with Gasteiger partial charge in [-0.2, -0.15) is 0 Å². The third-order valence-electron chi connectivity index (χ3n) is 7.02. The maximum absolute atomic E-state index is 13.7. The largest absolute Gasteiger partial charge is 0.487 e. The number of aliphatic hydroxyl groups excluding tert-OH is 1. The van der Waals surface area contributed by atoms with Crippen molar-refractivity contribution in [2.75, 3.05) is 42.7 Å². The maximum atomic E-state index is 13.7. The van der Waals surface area contributed by atoms with Crippen LogP contribution in [0.3, 0.4) is 0 Å². The van der Waals surface area contributed by atoms with E-state index in [4.69, 9.17) is 9.26 Å². The molecule has 3 aromatic rings. The average molecular weight is 565 g/mol. The second-order valence-electron chi connectivity index (χ2n) is 10.3. The van der Waals surface area contributed by atoms with Gasteiger partial charge in [0.25, 0.3) is 5.91 Å². The van der Waals surface area contributed by atoms with E-state index < -0.39 is 18.2 Å². The fourth-order valence-electron chi connectivity index (χ4n) is 4.55. The van der Waals surface area contributed by atoms with Gasteiger partial charge in [-0.15, -0.1) is 0 Å². The molecule has 4 N–H and O–H groups in total. The number of hydrogen-bond donors (Lipinski definition) is 4. The van der Waals surface area contributed by atoms with Crippen molar-refractivity contribution in [3.05, 3.63) is 65.5 Å². The normalized spacial score (nSPS) is 17.4. The zero-order valence-corrected chi connectivity index (χ0v) is 23.8. The zero-order chi connectivity index (χ0) is 29.7. The van der Waals surface area contributed by atoms with Gasteiger partial charge in [0.15, 0.2) is 5.76 Å². The van der Waals surface area contributed by atoms with Gasteiger partial charge in [-0.05, 0) is 51.1 Å². The first-order valence-corrected chi connectivity index (χ1v) is 13.4. The van der Waals surface area contributed by atoms with Crippen LogP contribution in [0.1, 0.15) is 35.7 Å². The number of urea groups is 2. The van der Waals surface area contributed by atoms with Crippen LogP contribution in [-0.4, -0.2) is 76.9 Å². The number of aryl methyl sites for hydroxylation is 2. The summed E-state index contributed by atoms with van der Waals surface area (Å²) < 4.78 is 11.4. The summed E-state index contributed by atoms with van der Waals surface area (Å²) in [5.41, 5.74) is 2.28. The van der Waals surface area contributed by atoms with E-state index in [1.807, 2.05) is 25.1 Å². The van der Waals surface area contributed by atoms with E-state index in [0.717, 1.165) is 0 Å². The van der Waals surface area contributed by atoms with Crippen LogP contribution >= 0.6 is 0 Å². The Morgan fingerprint density at radius 2 is 1.85 bits per heavy atom. The number of nitrogens with one attached hydrogen (secondary N) is 3. The van der Waals surface area contributed by atoms with Gasteiger partial charge < -0.3 is 40.1 Å². The fraction of sp³-hybridized carbons (Fsp3) is 0.379. The summed E-state index contributed by atoms with van der Waals surface area (Å²) >= 11 is 0. The summed E-state index contributed by atoms with van der Waals surface area (Å²) in [6.45, 7) is 7.42. The molecule has 1 aliphatic heterocycles. The molecule has 1 aromatic heterocycles. The Morgan fingerprint density at radius 3 is 2.51 bits per heavy atom. The Bertz CT molecular complexity index is 1370. The van der Waals surface area contributed by atoms with Gasteiger partial charge in [-0.3, -0.25) is 4.79 Å². The van der Waals surface area contributed by atoms with Gasteiger partial charge in [0, 0.05) is 30.9 Å². The number of rotatable bonds is 7. The average Bonchev–Trinajstić information content (AvgIpc) is 3.27. The van der Waals surface area contributed by atoms with Gasteiger partial charge in [-0.1, -0.05) is 30.3 Å². The number of carbonyl (C=O) groups excluding carboxylic acids is 3. The lowest BCUT2D eigenvalue weighted by Crippen LogP contribution is -2.50. The van der Waals surface area contributed by atoms with Crippen LogP contribution in [0.4, 0.5) is 26.7 Å². The lowest BCUT2D eigenvalue weighted by atomic mass is 9.99. The molecule has 0 saturated carbocycles. The number of para-hydroxylation sites is 1. The van der Waals surface area contributed by atoms with Gasteiger partial charge in [0.05, 0.1) is 24.8 Å². The SMILES string of the molecule is Cc1noc(C)c1NC(=O)Nc1ccc2c(c1)C(=O)N([C@H](C)CO)C[C@@H](C)[C@H](CN(C)C(=O)Nc1ccccc1)O2. The second kappa shape index (κ2) is 12.7. The first-order chi connectivity index (χ1) is 19.6. The minimum Gasteiger partial charge on any atom is -0.487 e. The summed E-state index contributed by atoms with van der Waals surface area (Å²) in [5, 5.41) is 22.0. The second-order valence-corrected chi connectivity index (χ2v) is 10.3. The van der Waals surface area contributed by atoms with Gasteiger partial charge >= 0.3 is 12.1 Å². The third kappa shape index (κ3) is 6.95. The van der Waals surface area contributed by atoms with E-state index in [2.05, 4.69) is 21.1 Å². The number of benzene rings is 2. The molecule has 0 unspecified atom stereocenters. The minimum absolute atomic E-state index is 0.174. The highest BCUT2D eigenvalue weighted by atomic mass is 16.5. The molecule has 12 heteroatoms. The van der Waals surface area contributed by atoms with Crippen molar-refractivity contribution in [3.63, 3.8) is 0 Å². The highest BCUT2D eigenvalue weighted by molar-refractivity contribution is 6.03. The molecule has 41 heavy (non-hydrogen) atoms. The van der Waals surface area contributed by atoms with E-state index in [-0.39, 0.29) is 36.6 Å². The molecule has 0 aliphatic carbocycles. The Labute approximate surface area is 238 Å². The van der Waals surface area contributed by atoms with E-state index in [1.54, 1.807) is 63.1 Å². The monoisotopic (exact) mass is 564 g/mol. The van der Waals surface area contributed by atoms with Crippen molar-refractivity contribution < 1.29 is 28.8 Å². The van der Waals surface area contributed by atoms with Crippen molar-refractivity contribution in [1.29, 1.82) is 0 Å². The highest BCUT2D eigenvalue weighted by Crippen LogP contribution is 2.31. The van der Waals surface area contributed by atoms with Crippen molar-refractivity contribution in [2.45, 2.75) is 39.8 Å². The molecule has 2 aromatic carbocycles. The molecule has 1 aliphatic rings. The fourth-order valence-corrected chi connectivity index (χ4v) is 4.55. The van der Waals surface area contributed by atoms with Crippen molar-refractivity contribution in [1.82, 2.24) is 15.0 Å². The summed E-state index contributed by atoms with van der Waals surface area (Å²) in [5.74, 6) is 0.273. The Kier molecular flexibility index (Phi) is 9.13. The van der Waals surface area contributed by atoms with Gasteiger partial charge in [-0.25, -0.2) is 9.59 Å². The smallest absolute Gasteiger partial charge is 0.323 e. The van der Waals surface area contributed by atoms with E-state index in [9.17, 15) is 19.5 Å².